The van der Waals surface area contributed by atoms with Gasteiger partial charge >= 0.3 is 0 Å². The highest BCUT2D eigenvalue weighted by atomic mass is 35.5. The largest absolute Gasteiger partial charge is 0.310 e. The molecule has 4 rings (SSSR count). The molecule has 0 saturated carbocycles. The van der Waals surface area contributed by atoms with Gasteiger partial charge in [-0.15, -0.1) is 11.3 Å². The molecule has 158 valence electrons. The Morgan fingerprint density at radius 3 is 2.74 bits per heavy atom. The number of hydrogen-bond acceptors (Lipinski definition) is 6. The second kappa shape index (κ2) is 8.82. The van der Waals surface area contributed by atoms with E-state index in [4.69, 9.17) is 11.6 Å². The second-order valence-electron chi connectivity index (χ2n) is 7.09. The fraction of sp³-hybridized carbons (Fsp3) is 0.182. The second-order valence-corrected chi connectivity index (χ2v) is 9.32. The zero-order chi connectivity index (χ0) is 22.1. The molecule has 1 aromatic carbocycles. The van der Waals surface area contributed by atoms with E-state index in [0.717, 1.165) is 11.1 Å². The fourth-order valence-corrected chi connectivity index (χ4v) is 4.93. The summed E-state index contributed by atoms with van der Waals surface area (Å²) in [6.45, 7) is 4.12. The van der Waals surface area contributed by atoms with E-state index in [1.807, 2.05) is 11.4 Å². The van der Waals surface area contributed by atoms with Gasteiger partial charge < -0.3 is 5.32 Å². The number of aryl methyl sites for hydroxylation is 2. The van der Waals surface area contributed by atoms with Crippen molar-refractivity contribution in [3.8, 4) is 11.1 Å². The zero-order valence-electron chi connectivity index (χ0n) is 17.1. The van der Waals surface area contributed by atoms with E-state index in [2.05, 4.69) is 41.3 Å². The van der Waals surface area contributed by atoms with Crippen molar-refractivity contribution in [2.75, 3.05) is 11.1 Å². The van der Waals surface area contributed by atoms with E-state index in [9.17, 15) is 9.59 Å². The lowest BCUT2D eigenvalue weighted by molar-refractivity contribution is -0.113. The number of nitrogens with zero attached hydrogens (tertiary/aromatic N) is 3. The molecule has 1 amide bonds. The zero-order valence-corrected chi connectivity index (χ0v) is 19.5. The molecule has 0 aliphatic heterocycles. The Morgan fingerprint density at radius 2 is 2.03 bits per heavy atom. The monoisotopic (exact) mass is 470 g/mol. The summed E-state index contributed by atoms with van der Waals surface area (Å²) in [5, 5.41) is 6.27. The van der Waals surface area contributed by atoms with Crippen molar-refractivity contribution >= 4 is 56.6 Å². The van der Waals surface area contributed by atoms with Crippen LogP contribution in [-0.2, 0) is 11.8 Å². The molecule has 9 heteroatoms. The molecule has 0 spiro atoms. The van der Waals surface area contributed by atoms with Gasteiger partial charge in [0.2, 0.25) is 5.91 Å². The van der Waals surface area contributed by atoms with E-state index in [0.29, 0.717) is 26.2 Å². The first kappa shape index (κ1) is 21.5. The van der Waals surface area contributed by atoms with Crippen LogP contribution in [0.3, 0.4) is 0 Å². The minimum atomic E-state index is -0.240. The van der Waals surface area contributed by atoms with Gasteiger partial charge in [0.1, 0.15) is 10.6 Å². The molecule has 0 atom stereocenters. The maximum atomic E-state index is 13.1. The van der Waals surface area contributed by atoms with E-state index in [1.54, 1.807) is 19.2 Å². The minimum Gasteiger partial charge on any atom is -0.310 e. The molecule has 3 aromatic heterocycles. The van der Waals surface area contributed by atoms with Gasteiger partial charge in [-0.05, 0) is 42.7 Å². The van der Waals surface area contributed by atoms with Gasteiger partial charge in [0.25, 0.3) is 5.56 Å². The third-order valence-electron chi connectivity index (χ3n) is 4.92. The number of anilines is 1. The smallest absolute Gasteiger partial charge is 0.263 e. The van der Waals surface area contributed by atoms with Crippen LogP contribution in [-0.4, -0.2) is 26.2 Å². The van der Waals surface area contributed by atoms with Crippen LogP contribution in [0.2, 0.25) is 5.02 Å². The van der Waals surface area contributed by atoms with Crippen molar-refractivity contribution < 1.29 is 4.79 Å². The lowest BCUT2D eigenvalue weighted by Crippen LogP contribution is -2.21. The van der Waals surface area contributed by atoms with Gasteiger partial charge in [-0.1, -0.05) is 41.6 Å². The quantitative estimate of drug-likeness (QED) is 0.326. The van der Waals surface area contributed by atoms with E-state index in [-0.39, 0.29) is 17.2 Å². The van der Waals surface area contributed by atoms with E-state index in [1.165, 1.54) is 45.0 Å². The number of hydrogen-bond donors (Lipinski definition) is 1. The molecular weight excluding hydrogens is 452 g/mol. The molecule has 0 bridgehead atoms. The molecule has 0 aliphatic carbocycles. The number of nitrogens with one attached hydrogen (secondary N) is 1. The number of fused-ring (bicyclic) bond motifs is 1. The summed E-state index contributed by atoms with van der Waals surface area (Å²) in [6, 6.07) is 9.46. The highest BCUT2D eigenvalue weighted by Crippen LogP contribution is 2.33. The predicted octanol–water partition coefficient (Wildman–Crippen LogP) is 5.06. The van der Waals surface area contributed by atoms with Crippen molar-refractivity contribution in [3.05, 3.63) is 68.4 Å². The summed E-state index contributed by atoms with van der Waals surface area (Å²) < 4.78 is 1.50. The van der Waals surface area contributed by atoms with Crippen molar-refractivity contribution in [1.29, 1.82) is 0 Å². The number of benzene rings is 1. The van der Waals surface area contributed by atoms with Gasteiger partial charge in [-0.2, -0.15) is 0 Å². The third kappa shape index (κ3) is 4.51. The molecule has 0 radical (unpaired) electrons. The number of thioether (sulfide) groups is 1. The lowest BCUT2D eigenvalue weighted by atomic mass is 10.0. The summed E-state index contributed by atoms with van der Waals surface area (Å²) in [6.07, 6.45) is 1.47. The molecule has 0 fully saturated rings. The van der Waals surface area contributed by atoms with Crippen LogP contribution in [0.5, 0.6) is 0 Å². The summed E-state index contributed by atoms with van der Waals surface area (Å²) in [5.41, 5.74) is 4.15. The standard InChI is InChI=1S/C22H19ClN4O2S2/c1-12-4-5-14(8-13(12)2)16-10-30-20-19(16)21(29)27(3)22(26-20)31-11-18(28)25-17-7-6-15(23)9-24-17/h4-10H,11H2,1-3H3,(H,24,25,28). The van der Waals surface area contributed by atoms with Crippen LogP contribution in [0.1, 0.15) is 11.1 Å². The normalized spacial score (nSPS) is 11.1. The number of aromatic nitrogens is 3. The third-order valence-corrected chi connectivity index (χ3v) is 7.05. The van der Waals surface area contributed by atoms with Crippen molar-refractivity contribution in [3.63, 3.8) is 0 Å². The molecule has 6 nitrogen and oxygen atoms in total. The SMILES string of the molecule is Cc1ccc(-c2csc3nc(SCC(=O)Nc4ccc(Cl)cn4)n(C)c(=O)c23)cc1C. The van der Waals surface area contributed by atoms with Gasteiger partial charge in [-0.25, -0.2) is 9.97 Å². The Balaban J connectivity index is 1.58. The highest BCUT2D eigenvalue weighted by Gasteiger charge is 2.17. The van der Waals surface area contributed by atoms with Crippen LogP contribution in [0.4, 0.5) is 5.82 Å². The number of amides is 1. The maximum absolute atomic E-state index is 13.1. The summed E-state index contributed by atoms with van der Waals surface area (Å²) >= 11 is 8.45. The number of carbonyl (C=O) groups excluding carboxylic acids is 1. The van der Waals surface area contributed by atoms with Crippen molar-refractivity contribution in [2.45, 2.75) is 19.0 Å². The Kier molecular flexibility index (Phi) is 6.13. The number of thiophene rings is 1. The van der Waals surface area contributed by atoms with Gasteiger partial charge in [0.15, 0.2) is 5.16 Å². The fourth-order valence-electron chi connectivity index (χ4n) is 3.06. The molecule has 0 saturated heterocycles. The predicted molar refractivity (Wildman–Crippen MR) is 128 cm³/mol. The van der Waals surface area contributed by atoms with Gasteiger partial charge in [-0.3, -0.25) is 14.2 Å². The first-order valence-electron chi connectivity index (χ1n) is 9.43. The molecule has 31 heavy (non-hydrogen) atoms. The van der Waals surface area contributed by atoms with Crippen LogP contribution >= 0.6 is 34.7 Å². The first-order valence-corrected chi connectivity index (χ1v) is 11.7. The number of rotatable bonds is 5. The van der Waals surface area contributed by atoms with Crippen LogP contribution in [0, 0.1) is 13.8 Å². The number of halogens is 1. The van der Waals surface area contributed by atoms with Crippen LogP contribution < -0.4 is 10.9 Å². The summed E-state index contributed by atoms with van der Waals surface area (Å²) in [5.74, 6) is 0.283. The number of carbonyl (C=O) groups is 1. The average Bonchev–Trinajstić information content (AvgIpc) is 3.17. The molecule has 0 unspecified atom stereocenters. The van der Waals surface area contributed by atoms with Gasteiger partial charge in [0.05, 0.1) is 16.2 Å². The van der Waals surface area contributed by atoms with Gasteiger partial charge in [0, 0.05) is 24.2 Å². The van der Waals surface area contributed by atoms with E-state index >= 15 is 0 Å². The Labute approximate surface area is 192 Å². The van der Waals surface area contributed by atoms with Crippen LogP contribution in [0.25, 0.3) is 21.3 Å². The highest BCUT2D eigenvalue weighted by molar-refractivity contribution is 7.99. The number of pyridine rings is 1. The van der Waals surface area contributed by atoms with Crippen LogP contribution in [0.15, 0.2) is 51.9 Å². The first-order chi connectivity index (χ1) is 14.8. The molecule has 4 aromatic rings. The molecule has 1 N–H and O–H groups in total. The molecule has 3 heterocycles. The summed E-state index contributed by atoms with van der Waals surface area (Å²) in [7, 11) is 1.68. The molecule has 0 aliphatic rings. The topological polar surface area (TPSA) is 76.9 Å². The summed E-state index contributed by atoms with van der Waals surface area (Å²) in [4.78, 5) is 34.7. The lowest BCUT2D eigenvalue weighted by Gasteiger charge is -2.09. The van der Waals surface area contributed by atoms with E-state index < -0.39 is 0 Å². The Hall–Kier alpha value is -2.68. The van der Waals surface area contributed by atoms with Crippen molar-refractivity contribution in [1.82, 2.24) is 14.5 Å². The minimum absolute atomic E-state index is 0.103. The average molecular weight is 471 g/mol. The maximum Gasteiger partial charge on any atom is 0.263 e. The Bertz CT molecular complexity index is 1350. The molecular formula is C22H19ClN4O2S2. The Morgan fingerprint density at radius 1 is 1.23 bits per heavy atom. The van der Waals surface area contributed by atoms with Crippen molar-refractivity contribution in [2.24, 2.45) is 7.05 Å².